The Morgan fingerprint density at radius 3 is 2.36 bits per heavy atom. The molecule has 2 rings (SSSR count). The standard InChI is InChI=1S/C15H22N4O3/c1-15(2,3)10-14(20)18-8-6-17(7-9-18)13-5-4-12(11-16-13)19(21)22/h4-5,11H,6-10H2,1-3H3. The predicted molar refractivity (Wildman–Crippen MR) is 83.8 cm³/mol. The van der Waals surface area contributed by atoms with E-state index in [-0.39, 0.29) is 17.0 Å². The number of anilines is 1. The van der Waals surface area contributed by atoms with Gasteiger partial charge in [-0.2, -0.15) is 0 Å². The van der Waals surface area contributed by atoms with Crippen LogP contribution in [0.2, 0.25) is 0 Å². The van der Waals surface area contributed by atoms with Gasteiger partial charge in [-0.1, -0.05) is 20.8 Å². The summed E-state index contributed by atoms with van der Waals surface area (Å²) in [6.45, 7) is 8.88. The molecule has 7 heteroatoms. The lowest BCUT2D eigenvalue weighted by Crippen LogP contribution is -2.49. The number of hydrogen-bond acceptors (Lipinski definition) is 5. The van der Waals surface area contributed by atoms with Crippen molar-refractivity contribution in [3.8, 4) is 0 Å². The molecule has 1 aromatic rings. The number of rotatable bonds is 3. The molecule has 0 aromatic carbocycles. The van der Waals surface area contributed by atoms with Crippen LogP contribution in [0.5, 0.6) is 0 Å². The van der Waals surface area contributed by atoms with Crippen LogP contribution in [0.4, 0.5) is 11.5 Å². The van der Waals surface area contributed by atoms with Gasteiger partial charge in [-0.3, -0.25) is 14.9 Å². The maximum Gasteiger partial charge on any atom is 0.287 e. The predicted octanol–water partition coefficient (Wildman–Crippen LogP) is 2.07. The van der Waals surface area contributed by atoms with Crippen molar-refractivity contribution in [3.05, 3.63) is 28.4 Å². The third-order valence-electron chi connectivity index (χ3n) is 3.58. The summed E-state index contributed by atoms with van der Waals surface area (Å²) in [7, 11) is 0. The number of hydrogen-bond donors (Lipinski definition) is 0. The minimum absolute atomic E-state index is 0.00582. The third-order valence-corrected chi connectivity index (χ3v) is 3.58. The second kappa shape index (κ2) is 6.29. The summed E-state index contributed by atoms with van der Waals surface area (Å²) < 4.78 is 0. The van der Waals surface area contributed by atoms with Crippen molar-refractivity contribution in [3.63, 3.8) is 0 Å². The lowest BCUT2D eigenvalue weighted by Gasteiger charge is -2.36. The molecule has 1 aliphatic rings. The molecule has 0 N–H and O–H groups in total. The Morgan fingerprint density at radius 1 is 1.27 bits per heavy atom. The summed E-state index contributed by atoms with van der Waals surface area (Å²) in [5, 5.41) is 10.6. The average molecular weight is 306 g/mol. The highest BCUT2D eigenvalue weighted by molar-refractivity contribution is 5.77. The molecule has 0 atom stereocenters. The molecule has 7 nitrogen and oxygen atoms in total. The summed E-state index contributed by atoms with van der Waals surface area (Å²) in [6.07, 6.45) is 1.81. The number of aromatic nitrogens is 1. The number of pyridine rings is 1. The Kier molecular flexibility index (Phi) is 4.63. The van der Waals surface area contributed by atoms with E-state index in [2.05, 4.69) is 25.8 Å². The van der Waals surface area contributed by atoms with Crippen molar-refractivity contribution in [2.75, 3.05) is 31.1 Å². The molecule has 120 valence electrons. The molecular weight excluding hydrogens is 284 g/mol. The number of carbonyl (C=O) groups excluding carboxylic acids is 1. The maximum atomic E-state index is 12.2. The van der Waals surface area contributed by atoms with Gasteiger partial charge in [-0.15, -0.1) is 0 Å². The van der Waals surface area contributed by atoms with Crippen molar-refractivity contribution in [2.24, 2.45) is 5.41 Å². The average Bonchev–Trinajstić information content (AvgIpc) is 2.46. The molecule has 0 saturated carbocycles. The molecule has 1 aliphatic heterocycles. The van der Waals surface area contributed by atoms with Gasteiger partial charge in [0.1, 0.15) is 12.0 Å². The molecular formula is C15H22N4O3. The van der Waals surface area contributed by atoms with E-state index >= 15 is 0 Å². The van der Waals surface area contributed by atoms with E-state index in [0.29, 0.717) is 38.4 Å². The second-order valence-electron chi connectivity index (χ2n) is 6.74. The van der Waals surface area contributed by atoms with Crippen LogP contribution in [0.15, 0.2) is 18.3 Å². The summed E-state index contributed by atoms with van der Waals surface area (Å²) >= 11 is 0. The van der Waals surface area contributed by atoms with Crippen molar-refractivity contribution in [2.45, 2.75) is 27.2 Å². The van der Waals surface area contributed by atoms with Crippen LogP contribution >= 0.6 is 0 Å². The van der Waals surface area contributed by atoms with Crippen LogP contribution in [0.25, 0.3) is 0 Å². The van der Waals surface area contributed by atoms with Crippen LogP contribution in [0.1, 0.15) is 27.2 Å². The largest absolute Gasteiger partial charge is 0.353 e. The first-order valence-corrected chi connectivity index (χ1v) is 7.39. The van der Waals surface area contributed by atoms with Crippen LogP contribution in [0, 0.1) is 15.5 Å². The van der Waals surface area contributed by atoms with E-state index < -0.39 is 4.92 Å². The van der Waals surface area contributed by atoms with Gasteiger partial charge in [0.2, 0.25) is 5.91 Å². The molecule has 2 heterocycles. The highest BCUT2D eigenvalue weighted by Gasteiger charge is 2.25. The lowest BCUT2D eigenvalue weighted by molar-refractivity contribution is -0.385. The number of nitrogens with zero attached hydrogens (tertiary/aromatic N) is 4. The number of carbonyl (C=O) groups is 1. The van der Waals surface area contributed by atoms with Crippen LogP contribution in [-0.2, 0) is 4.79 Å². The maximum absolute atomic E-state index is 12.2. The summed E-state index contributed by atoms with van der Waals surface area (Å²) in [5.41, 5.74) is -0.0172. The quantitative estimate of drug-likeness (QED) is 0.631. The first-order chi connectivity index (χ1) is 10.3. The Labute approximate surface area is 130 Å². The molecule has 1 fully saturated rings. The van der Waals surface area contributed by atoms with E-state index in [1.807, 2.05) is 9.80 Å². The zero-order chi connectivity index (χ0) is 16.3. The van der Waals surface area contributed by atoms with E-state index in [1.165, 1.54) is 12.3 Å². The van der Waals surface area contributed by atoms with E-state index in [1.54, 1.807) is 6.07 Å². The molecule has 0 aliphatic carbocycles. The zero-order valence-corrected chi connectivity index (χ0v) is 13.3. The summed E-state index contributed by atoms with van der Waals surface area (Å²) in [5.74, 6) is 0.900. The molecule has 1 amide bonds. The van der Waals surface area contributed by atoms with E-state index in [9.17, 15) is 14.9 Å². The van der Waals surface area contributed by atoms with Crippen molar-refractivity contribution >= 4 is 17.4 Å². The Morgan fingerprint density at radius 2 is 1.91 bits per heavy atom. The Bertz CT molecular complexity index is 543. The molecule has 0 unspecified atom stereocenters. The van der Waals surface area contributed by atoms with Gasteiger partial charge in [0.25, 0.3) is 5.69 Å². The fraction of sp³-hybridized carbons (Fsp3) is 0.600. The molecule has 0 bridgehead atoms. The Balaban J connectivity index is 1.91. The summed E-state index contributed by atoms with van der Waals surface area (Å²) in [4.78, 5) is 30.4. The minimum atomic E-state index is -0.458. The third kappa shape index (κ3) is 4.16. The van der Waals surface area contributed by atoms with Crippen molar-refractivity contribution < 1.29 is 9.72 Å². The normalized spacial score (nSPS) is 15.8. The fourth-order valence-electron chi connectivity index (χ4n) is 2.42. The fourth-order valence-corrected chi connectivity index (χ4v) is 2.42. The lowest BCUT2D eigenvalue weighted by atomic mass is 9.91. The van der Waals surface area contributed by atoms with Gasteiger partial charge in [-0.05, 0) is 11.5 Å². The van der Waals surface area contributed by atoms with Crippen molar-refractivity contribution in [1.29, 1.82) is 0 Å². The first kappa shape index (κ1) is 16.2. The highest BCUT2D eigenvalue weighted by Crippen LogP contribution is 2.21. The molecule has 0 radical (unpaired) electrons. The van der Waals surface area contributed by atoms with Gasteiger partial charge < -0.3 is 9.80 Å². The number of amides is 1. The zero-order valence-electron chi connectivity index (χ0n) is 13.3. The van der Waals surface area contributed by atoms with Gasteiger partial charge in [0, 0.05) is 38.7 Å². The highest BCUT2D eigenvalue weighted by atomic mass is 16.6. The van der Waals surface area contributed by atoms with E-state index in [4.69, 9.17) is 0 Å². The number of piperazine rings is 1. The molecule has 22 heavy (non-hydrogen) atoms. The minimum Gasteiger partial charge on any atom is -0.353 e. The smallest absolute Gasteiger partial charge is 0.287 e. The van der Waals surface area contributed by atoms with Gasteiger partial charge in [0.15, 0.2) is 0 Å². The Hall–Kier alpha value is -2.18. The molecule has 0 spiro atoms. The van der Waals surface area contributed by atoms with Crippen molar-refractivity contribution in [1.82, 2.24) is 9.88 Å². The topological polar surface area (TPSA) is 79.6 Å². The van der Waals surface area contributed by atoms with Crippen LogP contribution in [-0.4, -0.2) is 46.9 Å². The molecule has 1 aromatic heterocycles. The number of nitro groups is 1. The first-order valence-electron chi connectivity index (χ1n) is 7.39. The van der Waals surface area contributed by atoms with Gasteiger partial charge >= 0.3 is 0 Å². The van der Waals surface area contributed by atoms with Gasteiger partial charge in [-0.25, -0.2) is 4.98 Å². The van der Waals surface area contributed by atoms with Gasteiger partial charge in [0.05, 0.1) is 4.92 Å². The monoisotopic (exact) mass is 306 g/mol. The second-order valence-corrected chi connectivity index (χ2v) is 6.74. The van der Waals surface area contributed by atoms with Crippen LogP contribution in [0.3, 0.4) is 0 Å². The van der Waals surface area contributed by atoms with Crippen LogP contribution < -0.4 is 4.90 Å². The van der Waals surface area contributed by atoms with E-state index in [0.717, 1.165) is 0 Å². The SMILES string of the molecule is CC(C)(C)CC(=O)N1CCN(c2ccc([N+](=O)[O-])cn2)CC1. The molecule has 1 saturated heterocycles. The summed E-state index contributed by atoms with van der Waals surface area (Å²) in [6, 6.07) is 3.12.